The molecule has 1 aliphatic heterocycles. The summed E-state index contributed by atoms with van der Waals surface area (Å²) in [5.74, 6) is 0.215. The lowest BCUT2D eigenvalue weighted by Gasteiger charge is -2.37. The zero-order chi connectivity index (χ0) is 20.4. The molecule has 1 atom stereocenters. The highest BCUT2D eigenvalue weighted by molar-refractivity contribution is 7.89. The van der Waals surface area contributed by atoms with Crippen molar-refractivity contribution < 1.29 is 17.9 Å². The van der Waals surface area contributed by atoms with Crippen molar-refractivity contribution in [1.82, 2.24) is 9.84 Å². The topological polar surface area (TPSA) is 87.7 Å². The number of carbonyl (C=O) groups is 1. The molecule has 0 bridgehead atoms. The van der Waals surface area contributed by atoms with E-state index in [1.165, 1.54) is 12.1 Å². The Hall–Kier alpha value is -3.36. The maximum absolute atomic E-state index is 13.2. The van der Waals surface area contributed by atoms with E-state index in [0.29, 0.717) is 22.6 Å². The van der Waals surface area contributed by atoms with E-state index >= 15 is 0 Å². The van der Waals surface area contributed by atoms with Gasteiger partial charge < -0.3 is 10.1 Å². The lowest BCUT2D eigenvalue weighted by atomic mass is 10.1. The van der Waals surface area contributed by atoms with Gasteiger partial charge in [0.15, 0.2) is 0 Å². The molecule has 0 unspecified atom stereocenters. The van der Waals surface area contributed by atoms with Gasteiger partial charge in [0.2, 0.25) is 0 Å². The molecule has 1 heterocycles. The number of nitrogens with zero attached hydrogens (tertiary/aromatic N) is 1. The number of rotatable bonds is 5. The van der Waals surface area contributed by atoms with Crippen LogP contribution in [0.3, 0.4) is 0 Å². The predicted molar refractivity (Wildman–Crippen MR) is 109 cm³/mol. The molecule has 1 aliphatic rings. The lowest BCUT2D eigenvalue weighted by Crippen LogP contribution is -2.52. The highest BCUT2D eigenvalue weighted by Crippen LogP contribution is 2.33. The van der Waals surface area contributed by atoms with Crippen LogP contribution >= 0.6 is 0 Å². The number of anilines is 1. The predicted octanol–water partition coefficient (Wildman–Crippen LogP) is 3.16. The molecule has 0 saturated carbocycles. The summed E-state index contributed by atoms with van der Waals surface area (Å²) in [5, 5.41) is 4.35. The molecule has 148 valence electrons. The summed E-state index contributed by atoms with van der Waals surface area (Å²) in [6, 6.07) is 22.0. The third-order valence-electron chi connectivity index (χ3n) is 4.63. The first kappa shape index (κ1) is 19.0. The molecule has 1 amide bonds. The van der Waals surface area contributed by atoms with Crippen LogP contribution in [0.5, 0.6) is 5.75 Å². The Bertz CT molecular complexity index is 1130. The van der Waals surface area contributed by atoms with E-state index in [9.17, 15) is 13.2 Å². The summed E-state index contributed by atoms with van der Waals surface area (Å²) in [4.78, 5) is 15.7. The van der Waals surface area contributed by atoms with Gasteiger partial charge in [-0.15, -0.1) is 4.83 Å². The van der Waals surface area contributed by atoms with Crippen LogP contribution in [-0.2, 0) is 10.0 Å². The molecule has 7 nitrogen and oxygen atoms in total. The number of nitrogens with one attached hydrogen (secondary N) is 2. The van der Waals surface area contributed by atoms with Gasteiger partial charge in [0.05, 0.1) is 17.6 Å². The number of fused-ring (bicyclic) bond motifs is 1. The zero-order valence-electron chi connectivity index (χ0n) is 15.6. The first-order valence-corrected chi connectivity index (χ1v) is 10.4. The summed E-state index contributed by atoms with van der Waals surface area (Å²) in [7, 11) is -2.40. The summed E-state index contributed by atoms with van der Waals surface area (Å²) in [6.45, 7) is 0. The number of ether oxygens (including phenoxy) is 1. The maximum atomic E-state index is 13.2. The van der Waals surface area contributed by atoms with Crippen LogP contribution in [0.1, 0.15) is 22.1 Å². The van der Waals surface area contributed by atoms with Gasteiger partial charge in [-0.2, -0.15) is 0 Å². The van der Waals surface area contributed by atoms with Crippen LogP contribution in [0.15, 0.2) is 83.8 Å². The maximum Gasteiger partial charge on any atom is 0.273 e. The smallest absolute Gasteiger partial charge is 0.273 e. The average molecular weight is 409 g/mol. The molecule has 0 spiro atoms. The summed E-state index contributed by atoms with van der Waals surface area (Å²) in [5.41, 5.74) is 1.71. The summed E-state index contributed by atoms with van der Waals surface area (Å²) < 4.78 is 31.0. The number of methoxy groups -OCH3 is 1. The van der Waals surface area contributed by atoms with Crippen molar-refractivity contribution in [2.45, 2.75) is 11.1 Å². The largest absolute Gasteiger partial charge is 0.497 e. The first-order valence-electron chi connectivity index (χ1n) is 8.90. The molecule has 4 rings (SSSR count). The van der Waals surface area contributed by atoms with E-state index in [-0.39, 0.29) is 4.90 Å². The first-order chi connectivity index (χ1) is 14.0. The standard InChI is InChI=1S/C21H19N3O4S/c1-28-16-13-11-15(12-14-16)20-22-19-10-6-5-9-18(19)21(25)24(20)23-29(26,27)17-7-3-2-4-8-17/h2-14,20,22-23H,1H3/t20-/m0/s1. The van der Waals surface area contributed by atoms with E-state index in [2.05, 4.69) is 10.1 Å². The Morgan fingerprint density at radius 1 is 0.931 bits per heavy atom. The molecular weight excluding hydrogens is 390 g/mol. The average Bonchev–Trinajstić information content (AvgIpc) is 2.76. The number of carbonyl (C=O) groups excluding carboxylic acids is 1. The number of hydrogen-bond acceptors (Lipinski definition) is 5. The third-order valence-corrected chi connectivity index (χ3v) is 5.96. The summed E-state index contributed by atoms with van der Waals surface area (Å²) >= 11 is 0. The Labute approximate surface area is 169 Å². The van der Waals surface area contributed by atoms with Crippen molar-refractivity contribution in [2.75, 3.05) is 12.4 Å². The van der Waals surface area contributed by atoms with E-state index < -0.39 is 22.1 Å². The third kappa shape index (κ3) is 3.67. The molecule has 0 fully saturated rings. The molecule has 0 radical (unpaired) electrons. The van der Waals surface area contributed by atoms with Gasteiger partial charge in [0, 0.05) is 5.69 Å². The highest BCUT2D eigenvalue weighted by atomic mass is 32.2. The van der Waals surface area contributed by atoms with Crippen LogP contribution < -0.4 is 14.9 Å². The zero-order valence-corrected chi connectivity index (χ0v) is 16.4. The molecule has 0 aliphatic carbocycles. The van der Waals surface area contributed by atoms with E-state index in [1.807, 2.05) is 6.07 Å². The Morgan fingerprint density at radius 3 is 2.28 bits per heavy atom. The lowest BCUT2D eigenvalue weighted by molar-refractivity contribution is 0.0632. The van der Waals surface area contributed by atoms with Crippen LogP contribution in [-0.4, -0.2) is 26.4 Å². The molecule has 0 aromatic heterocycles. The molecule has 8 heteroatoms. The van der Waals surface area contributed by atoms with Crippen molar-refractivity contribution in [3.63, 3.8) is 0 Å². The van der Waals surface area contributed by atoms with E-state index in [4.69, 9.17) is 4.74 Å². The SMILES string of the molecule is COc1ccc([C@H]2Nc3ccccc3C(=O)N2NS(=O)(=O)c2ccccc2)cc1. The fourth-order valence-electron chi connectivity index (χ4n) is 3.15. The van der Waals surface area contributed by atoms with Crippen LogP contribution in [0, 0.1) is 0 Å². The van der Waals surface area contributed by atoms with Crippen molar-refractivity contribution in [3.8, 4) is 5.75 Å². The van der Waals surface area contributed by atoms with Gasteiger partial charge in [-0.3, -0.25) is 4.79 Å². The molecule has 3 aromatic rings. The fourth-order valence-corrected chi connectivity index (χ4v) is 4.22. The minimum atomic E-state index is -3.96. The van der Waals surface area contributed by atoms with Crippen molar-refractivity contribution in [1.29, 1.82) is 0 Å². The van der Waals surface area contributed by atoms with Crippen molar-refractivity contribution in [3.05, 3.63) is 90.0 Å². The van der Waals surface area contributed by atoms with Gasteiger partial charge in [0.1, 0.15) is 11.9 Å². The van der Waals surface area contributed by atoms with Gasteiger partial charge in [-0.1, -0.05) is 42.5 Å². The second kappa shape index (κ2) is 7.57. The minimum Gasteiger partial charge on any atom is -0.497 e. The summed E-state index contributed by atoms with van der Waals surface area (Å²) in [6.07, 6.45) is -0.734. The molecular formula is C21H19N3O4S. The minimum absolute atomic E-state index is 0.0696. The van der Waals surface area contributed by atoms with Crippen LogP contribution in [0.2, 0.25) is 0 Å². The number of hydrogen-bond donors (Lipinski definition) is 2. The van der Waals surface area contributed by atoms with E-state index in [1.54, 1.807) is 67.8 Å². The van der Waals surface area contributed by atoms with Crippen molar-refractivity contribution >= 4 is 21.6 Å². The Morgan fingerprint density at radius 2 is 1.59 bits per heavy atom. The highest BCUT2D eigenvalue weighted by Gasteiger charge is 2.36. The number of hydrazine groups is 1. The van der Waals surface area contributed by atoms with Gasteiger partial charge in [0.25, 0.3) is 15.9 Å². The second-order valence-electron chi connectivity index (χ2n) is 6.45. The quantitative estimate of drug-likeness (QED) is 0.676. The van der Waals surface area contributed by atoms with Crippen LogP contribution in [0.25, 0.3) is 0 Å². The van der Waals surface area contributed by atoms with E-state index in [0.717, 1.165) is 5.01 Å². The van der Waals surface area contributed by atoms with Gasteiger partial charge in [-0.05, 0) is 42.0 Å². The number of benzene rings is 3. The Balaban J connectivity index is 1.75. The van der Waals surface area contributed by atoms with Crippen molar-refractivity contribution in [2.24, 2.45) is 0 Å². The monoisotopic (exact) mass is 409 g/mol. The molecule has 3 aromatic carbocycles. The normalized spacial score (nSPS) is 16.1. The number of para-hydroxylation sites is 1. The molecule has 29 heavy (non-hydrogen) atoms. The fraction of sp³-hybridized carbons (Fsp3) is 0.0952. The second-order valence-corrected chi connectivity index (χ2v) is 8.11. The number of sulfonamides is 1. The number of amides is 1. The van der Waals surface area contributed by atoms with Gasteiger partial charge in [-0.25, -0.2) is 13.4 Å². The molecule has 0 saturated heterocycles. The Kier molecular flexibility index (Phi) is 4.96. The van der Waals surface area contributed by atoms with Crippen LogP contribution in [0.4, 0.5) is 5.69 Å². The molecule has 2 N–H and O–H groups in total. The van der Waals surface area contributed by atoms with Gasteiger partial charge >= 0.3 is 0 Å².